The predicted octanol–water partition coefficient (Wildman–Crippen LogP) is 2.59. The molecule has 1 fully saturated rings. The monoisotopic (exact) mass is 248 g/mol. The van der Waals surface area contributed by atoms with Crippen molar-refractivity contribution in [3.8, 4) is 0 Å². The summed E-state index contributed by atoms with van der Waals surface area (Å²) >= 11 is 0. The molecule has 3 N–H and O–H groups in total. The number of carbonyl (C=O) groups is 1. The van der Waals surface area contributed by atoms with Crippen LogP contribution in [0, 0.1) is 5.41 Å². The number of piperidine rings is 1. The molecule has 0 saturated carbocycles. The zero-order valence-electron chi connectivity index (χ0n) is 10.9. The highest BCUT2D eigenvalue weighted by Gasteiger charge is 2.27. The van der Waals surface area contributed by atoms with Crippen molar-refractivity contribution < 1.29 is 9.90 Å². The Morgan fingerprint density at radius 2 is 2.17 bits per heavy atom. The maximum Gasteiger partial charge on any atom is 0.335 e. The molecule has 1 aliphatic rings. The van der Waals surface area contributed by atoms with E-state index in [-0.39, 0.29) is 11.0 Å². The van der Waals surface area contributed by atoms with Crippen LogP contribution < -0.4 is 10.6 Å². The summed E-state index contributed by atoms with van der Waals surface area (Å²) in [7, 11) is 0. The molecule has 0 unspecified atom stereocenters. The maximum absolute atomic E-state index is 10.9. The Labute approximate surface area is 107 Å². The Kier molecular flexibility index (Phi) is 3.20. The van der Waals surface area contributed by atoms with Crippen LogP contribution in [0.3, 0.4) is 0 Å². The van der Waals surface area contributed by atoms with E-state index in [1.165, 1.54) is 6.42 Å². The fourth-order valence-corrected chi connectivity index (χ4v) is 2.60. The summed E-state index contributed by atoms with van der Waals surface area (Å²) in [6.45, 7) is 6.45. The Hall–Kier alpha value is -1.71. The lowest BCUT2D eigenvalue weighted by atomic mass is 9.84. The van der Waals surface area contributed by atoms with Crippen molar-refractivity contribution in [1.82, 2.24) is 0 Å². The van der Waals surface area contributed by atoms with Crippen molar-refractivity contribution in [2.24, 2.45) is 5.41 Å². The third-order valence-electron chi connectivity index (χ3n) is 3.52. The minimum Gasteiger partial charge on any atom is -0.478 e. The lowest BCUT2D eigenvalue weighted by Crippen LogP contribution is -2.40. The Balaban J connectivity index is 2.26. The van der Waals surface area contributed by atoms with Crippen LogP contribution >= 0.6 is 0 Å². The summed E-state index contributed by atoms with van der Waals surface area (Å²) in [6, 6.07) is 4.98. The smallest absolute Gasteiger partial charge is 0.335 e. The molecule has 1 heterocycles. The van der Waals surface area contributed by atoms with Gasteiger partial charge in [0.2, 0.25) is 0 Å². The summed E-state index contributed by atoms with van der Waals surface area (Å²) in [4.78, 5) is 13.1. The van der Waals surface area contributed by atoms with Gasteiger partial charge in [0, 0.05) is 13.1 Å². The fraction of sp³-hybridized carbons (Fsp3) is 0.500. The van der Waals surface area contributed by atoms with E-state index in [2.05, 4.69) is 18.7 Å². The number of hydrogen-bond donors (Lipinski definition) is 2. The summed E-state index contributed by atoms with van der Waals surface area (Å²) in [6.07, 6.45) is 2.36. The van der Waals surface area contributed by atoms with Gasteiger partial charge in [-0.05, 0) is 36.5 Å². The number of rotatable bonds is 2. The van der Waals surface area contributed by atoms with Crippen LogP contribution in [-0.4, -0.2) is 24.2 Å². The van der Waals surface area contributed by atoms with Gasteiger partial charge >= 0.3 is 5.97 Å². The SMILES string of the molecule is CC1(C)CCCN(c2ccc(C(=O)O)cc2N)C1. The van der Waals surface area contributed by atoms with Crippen LogP contribution in [0.25, 0.3) is 0 Å². The van der Waals surface area contributed by atoms with Crippen molar-refractivity contribution in [2.45, 2.75) is 26.7 Å². The van der Waals surface area contributed by atoms with Gasteiger partial charge in [-0.2, -0.15) is 0 Å². The first-order chi connectivity index (χ1) is 8.39. The first-order valence-corrected chi connectivity index (χ1v) is 6.27. The van der Waals surface area contributed by atoms with E-state index in [9.17, 15) is 4.79 Å². The summed E-state index contributed by atoms with van der Waals surface area (Å²) in [5.41, 5.74) is 8.00. The number of hydrogen-bond acceptors (Lipinski definition) is 3. The number of nitrogens with zero attached hydrogens (tertiary/aromatic N) is 1. The van der Waals surface area contributed by atoms with Gasteiger partial charge in [-0.3, -0.25) is 0 Å². The van der Waals surface area contributed by atoms with Crippen LogP contribution in [0.2, 0.25) is 0 Å². The van der Waals surface area contributed by atoms with E-state index in [4.69, 9.17) is 10.8 Å². The molecule has 2 rings (SSSR count). The van der Waals surface area contributed by atoms with Gasteiger partial charge in [-0.25, -0.2) is 4.79 Å². The number of carboxylic acid groups (broad SMARTS) is 1. The predicted molar refractivity (Wildman–Crippen MR) is 73.0 cm³/mol. The second-order valence-corrected chi connectivity index (χ2v) is 5.77. The van der Waals surface area contributed by atoms with Gasteiger partial charge in [0.15, 0.2) is 0 Å². The van der Waals surface area contributed by atoms with Gasteiger partial charge in [-0.15, -0.1) is 0 Å². The van der Waals surface area contributed by atoms with Crippen LogP contribution in [0.4, 0.5) is 11.4 Å². The van der Waals surface area contributed by atoms with Gasteiger partial charge < -0.3 is 15.7 Å². The molecule has 4 nitrogen and oxygen atoms in total. The molecule has 98 valence electrons. The average molecular weight is 248 g/mol. The molecule has 0 aromatic heterocycles. The lowest BCUT2D eigenvalue weighted by Gasteiger charge is -2.39. The largest absolute Gasteiger partial charge is 0.478 e. The number of nitrogen functional groups attached to an aromatic ring is 1. The van der Waals surface area contributed by atoms with E-state index in [0.29, 0.717) is 5.69 Å². The lowest BCUT2D eigenvalue weighted by molar-refractivity contribution is 0.0697. The van der Waals surface area contributed by atoms with Crippen molar-refractivity contribution in [2.75, 3.05) is 23.7 Å². The highest BCUT2D eigenvalue weighted by molar-refractivity contribution is 5.90. The molecular formula is C14H20N2O2. The van der Waals surface area contributed by atoms with Crippen molar-refractivity contribution >= 4 is 17.3 Å². The van der Waals surface area contributed by atoms with Crippen molar-refractivity contribution in [3.63, 3.8) is 0 Å². The second kappa shape index (κ2) is 4.52. The van der Waals surface area contributed by atoms with E-state index in [1.54, 1.807) is 12.1 Å². The molecule has 1 saturated heterocycles. The molecule has 4 heteroatoms. The van der Waals surface area contributed by atoms with E-state index >= 15 is 0 Å². The fourth-order valence-electron chi connectivity index (χ4n) is 2.60. The minimum absolute atomic E-state index is 0.243. The number of benzene rings is 1. The highest BCUT2D eigenvalue weighted by atomic mass is 16.4. The van der Waals surface area contributed by atoms with Gasteiger partial charge in [0.25, 0.3) is 0 Å². The standard InChI is InChI=1S/C14H20N2O2/c1-14(2)6-3-7-16(9-14)12-5-4-10(13(17)18)8-11(12)15/h4-5,8H,3,6-7,9,15H2,1-2H3,(H,17,18). The van der Waals surface area contributed by atoms with Gasteiger partial charge in [0.1, 0.15) is 0 Å². The van der Waals surface area contributed by atoms with Crippen molar-refractivity contribution in [1.29, 1.82) is 0 Å². The molecule has 1 aromatic carbocycles. The zero-order chi connectivity index (χ0) is 13.3. The third kappa shape index (κ3) is 2.58. The van der Waals surface area contributed by atoms with Crippen LogP contribution in [-0.2, 0) is 0 Å². The molecule has 1 aromatic rings. The van der Waals surface area contributed by atoms with Crippen molar-refractivity contribution in [3.05, 3.63) is 23.8 Å². The molecule has 1 aliphatic heterocycles. The molecular weight excluding hydrogens is 228 g/mol. The molecule has 18 heavy (non-hydrogen) atoms. The average Bonchev–Trinajstić information content (AvgIpc) is 2.27. The number of anilines is 2. The Morgan fingerprint density at radius 3 is 2.72 bits per heavy atom. The van der Waals surface area contributed by atoms with Gasteiger partial charge in [0.05, 0.1) is 16.9 Å². The molecule has 0 atom stereocenters. The summed E-state index contributed by atoms with van der Waals surface area (Å²) < 4.78 is 0. The second-order valence-electron chi connectivity index (χ2n) is 5.77. The summed E-state index contributed by atoms with van der Waals surface area (Å²) in [5.74, 6) is -0.938. The van der Waals surface area contributed by atoms with E-state index in [1.807, 2.05) is 6.07 Å². The van der Waals surface area contributed by atoms with Crippen LogP contribution in [0.5, 0.6) is 0 Å². The third-order valence-corrected chi connectivity index (χ3v) is 3.52. The number of nitrogens with two attached hydrogens (primary N) is 1. The first kappa shape index (κ1) is 12.7. The topological polar surface area (TPSA) is 66.6 Å². The molecule has 0 spiro atoms. The van der Waals surface area contributed by atoms with E-state index in [0.717, 1.165) is 25.2 Å². The normalized spacial score (nSPS) is 18.7. The molecule has 0 amide bonds. The molecule has 0 radical (unpaired) electrons. The molecule has 0 bridgehead atoms. The molecule has 0 aliphatic carbocycles. The summed E-state index contributed by atoms with van der Waals surface area (Å²) in [5, 5.41) is 8.92. The first-order valence-electron chi connectivity index (χ1n) is 6.27. The quantitative estimate of drug-likeness (QED) is 0.789. The van der Waals surface area contributed by atoms with Crippen LogP contribution in [0.1, 0.15) is 37.0 Å². The van der Waals surface area contributed by atoms with E-state index < -0.39 is 5.97 Å². The minimum atomic E-state index is -0.938. The maximum atomic E-state index is 10.9. The van der Waals surface area contributed by atoms with Gasteiger partial charge in [-0.1, -0.05) is 13.8 Å². The Morgan fingerprint density at radius 1 is 1.44 bits per heavy atom. The van der Waals surface area contributed by atoms with Crippen LogP contribution in [0.15, 0.2) is 18.2 Å². The Bertz CT molecular complexity index is 469. The number of carboxylic acids is 1. The highest BCUT2D eigenvalue weighted by Crippen LogP contribution is 2.34. The number of aromatic carboxylic acids is 1. The zero-order valence-corrected chi connectivity index (χ0v) is 10.9.